The summed E-state index contributed by atoms with van der Waals surface area (Å²) < 4.78 is 26.6. The first-order valence-electron chi connectivity index (χ1n) is 6.04. The Morgan fingerprint density at radius 1 is 1.05 bits per heavy atom. The van der Waals surface area contributed by atoms with Crippen LogP contribution >= 0.6 is 0 Å². The lowest BCUT2D eigenvalue weighted by atomic mass is 9.98. The van der Waals surface area contributed by atoms with Gasteiger partial charge in [0.05, 0.1) is 16.0 Å². The van der Waals surface area contributed by atoms with Crippen LogP contribution in [-0.2, 0) is 10.0 Å². The van der Waals surface area contributed by atoms with Gasteiger partial charge in [-0.3, -0.25) is 0 Å². The molecule has 0 amide bonds. The molecule has 0 atom stereocenters. The van der Waals surface area contributed by atoms with Crippen molar-refractivity contribution in [3.8, 4) is 0 Å². The second kappa shape index (κ2) is 5.82. The molecule has 0 saturated carbocycles. The van der Waals surface area contributed by atoms with Crippen LogP contribution in [0.15, 0.2) is 23.1 Å². The number of hydrogen-bond acceptors (Lipinski definition) is 4. The molecule has 0 bridgehead atoms. The summed E-state index contributed by atoms with van der Waals surface area (Å²) in [6.45, 7) is 5.61. The quantitative estimate of drug-likeness (QED) is 0.755. The normalized spacial score (nSPS) is 12.1. The summed E-state index contributed by atoms with van der Waals surface area (Å²) in [6.07, 6.45) is 0. The molecule has 1 aromatic rings. The van der Waals surface area contributed by atoms with Gasteiger partial charge >= 0.3 is 11.9 Å². The van der Waals surface area contributed by atoms with E-state index in [9.17, 15) is 18.0 Å². The molecular formula is C13H17NO6S. The first-order valence-corrected chi connectivity index (χ1v) is 7.52. The number of sulfonamides is 1. The molecule has 0 aliphatic carbocycles. The summed E-state index contributed by atoms with van der Waals surface area (Å²) in [5.74, 6) is -2.80. The van der Waals surface area contributed by atoms with Gasteiger partial charge in [-0.2, -0.15) is 0 Å². The van der Waals surface area contributed by atoms with E-state index in [1.165, 1.54) is 0 Å². The zero-order valence-electron chi connectivity index (χ0n) is 11.9. The molecule has 0 radical (unpaired) electrons. The van der Waals surface area contributed by atoms with Gasteiger partial charge in [-0.25, -0.2) is 22.7 Å². The van der Waals surface area contributed by atoms with E-state index in [1.807, 2.05) is 20.8 Å². The van der Waals surface area contributed by atoms with E-state index < -0.39 is 33.1 Å². The van der Waals surface area contributed by atoms with E-state index in [0.29, 0.717) is 0 Å². The monoisotopic (exact) mass is 315 g/mol. The minimum atomic E-state index is -3.98. The molecule has 21 heavy (non-hydrogen) atoms. The van der Waals surface area contributed by atoms with Gasteiger partial charge in [0.2, 0.25) is 10.0 Å². The van der Waals surface area contributed by atoms with Gasteiger partial charge in [0.25, 0.3) is 0 Å². The number of rotatable bonds is 5. The summed E-state index contributed by atoms with van der Waals surface area (Å²) in [7, 11) is -3.98. The van der Waals surface area contributed by atoms with Crippen molar-refractivity contribution in [2.24, 2.45) is 5.41 Å². The first-order chi connectivity index (χ1) is 9.42. The van der Waals surface area contributed by atoms with Crippen molar-refractivity contribution < 1.29 is 28.2 Å². The van der Waals surface area contributed by atoms with Gasteiger partial charge in [-0.15, -0.1) is 0 Å². The Labute approximate surface area is 122 Å². The lowest BCUT2D eigenvalue weighted by Crippen LogP contribution is -2.32. The summed E-state index contributed by atoms with van der Waals surface area (Å²) in [6, 6.07) is 2.77. The molecule has 0 aliphatic rings. The minimum absolute atomic E-state index is 0.134. The standard InChI is InChI=1S/C13H17NO6S/c1-13(2,3)7-14-21(19,20)10-5-8(11(15)16)4-9(6-10)12(17)18/h4-6,14H,7H2,1-3H3,(H,15,16)(H,17,18). The van der Waals surface area contributed by atoms with Crippen molar-refractivity contribution in [2.75, 3.05) is 6.54 Å². The maximum absolute atomic E-state index is 12.1. The molecule has 7 nitrogen and oxygen atoms in total. The van der Waals surface area contributed by atoms with E-state index >= 15 is 0 Å². The third kappa shape index (κ3) is 4.83. The minimum Gasteiger partial charge on any atom is -0.478 e. The van der Waals surface area contributed by atoms with E-state index in [1.54, 1.807) is 0 Å². The average Bonchev–Trinajstić information content (AvgIpc) is 2.35. The van der Waals surface area contributed by atoms with Crippen LogP contribution in [0.4, 0.5) is 0 Å². The lowest BCUT2D eigenvalue weighted by molar-refractivity contribution is 0.0696. The van der Waals surface area contributed by atoms with Crippen molar-refractivity contribution in [2.45, 2.75) is 25.7 Å². The molecule has 8 heteroatoms. The number of nitrogens with one attached hydrogen (secondary N) is 1. The van der Waals surface area contributed by atoms with Crippen LogP contribution in [0.1, 0.15) is 41.5 Å². The molecule has 0 unspecified atom stereocenters. The second-order valence-corrected chi connectivity index (χ2v) is 7.51. The van der Waals surface area contributed by atoms with Crippen LogP contribution in [-0.4, -0.2) is 37.1 Å². The Morgan fingerprint density at radius 2 is 1.48 bits per heavy atom. The van der Waals surface area contributed by atoms with Crippen molar-refractivity contribution in [3.05, 3.63) is 29.3 Å². The number of carbonyl (C=O) groups is 2. The molecule has 0 aliphatic heterocycles. The molecule has 0 fully saturated rings. The molecular weight excluding hydrogens is 298 g/mol. The molecule has 116 valence electrons. The van der Waals surface area contributed by atoms with Gasteiger partial charge in [0.15, 0.2) is 0 Å². The average molecular weight is 315 g/mol. The Bertz CT molecular complexity index is 640. The Kier molecular flexibility index (Phi) is 4.75. The maximum Gasteiger partial charge on any atom is 0.335 e. The smallest absolute Gasteiger partial charge is 0.335 e. The second-order valence-electron chi connectivity index (χ2n) is 5.74. The molecule has 0 heterocycles. The first kappa shape index (κ1) is 17.1. The number of aromatic carboxylic acids is 2. The molecule has 3 N–H and O–H groups in total. The molecule has 0 saturated heterocycles. The Morgan fingerprint density at radius 3 is 1.81 bits per heavy atom. The van der Waals surface area contributed by atoms with E-state index in [-0.39, 0.29) is 16.9 Å². The zero-order chi connectivity index (χ0) is 16.4. The third-order valence-corrected chi connectivity index (χ3v) is 3.88. The largest absolute Gasteiger partial charge is 0.478 e. The van der Waals surface area contributed by atoms with Crippen molar-refractivity contribution >= 4 is 22.0 Å². The van der Waals surface area contributed by atoms with Crippen LogP contribution in [0.5, 0.6) is 0 Å². The highest BCUT2D eigenvalue weighted by Crippen LogP contribution is 2.18. The maximum atomic E-state index is 12.1. The third-order valence-electron chi connectivity index (χ3n) is 2.50. The zero-order valence-corrected chi connectivity index (χ0v) is 12.7. The summed E-state index contributed by atoms with van der Waals surface area (Å²) in [5.41, 5.74) is -1.11. The van der Waals surface area contributed by atoms with Gasteiger partial charge in [0, 0.05) is 6.54 Å². The highest BCUT2D eigenvalue weighted by molar-refractivity contribution is 7.89. The van der Waals surface area contributed by atoms with Crippen LogP contribution < -0.4 is 4.72 Å². The van der Waals surface area contributed by atoms with Crippen molar-refractivity contribution in [1.82, 2.24) is 4.72 Å². The highest BCUT2D eigenvalue weighted by atomic mass is 32.2. The SMILES string of the molecule is CC(C)(C)CNS(=O)(=O)c1cc(C(=O)O)cc(C(=O)O)c1. The van der Waals surface area contributed by atoms with Crippen molar-refractivity contribution in [1.29, 1.82) is 0 Å². The number of hydrogen-bond donors (Lipinski definition) is 3. The Hall–Kier alpha value is -1.93. The van der Waals surface area contributed by atoms with Gasteiger partial charge in [-0.1, -0.05) is 20.8 Å². The summed E-state index contributed by atoms with van der Waals surface area (Å²) >= 11 is 0. The van der Waals surface area contributed by atoms with Crippen LogP contribution in [0.3, 0.4) is 0 Å². The highest BCUT2D eigenvalue weighted by Gasteiger charge is 2.22. The van der Waals surface area contributed by atoms with Crippen LogP contribution in [0.2, 0.25) is 0 Å². The fourth-order valence-corrected chi connectivity index (χ4v) is 2.75. The van der Waals surface area contributed by atoms with Gasteiger partial charge < -0.3 is 10.2 Å². The molecule has 1 aromatic carbocycles. The summed E-state index contributed by atoms with van der Waals surface area (Å²) in [4.78, 5) is 21.5. The van der Waals surface area contributed by atoms with E-state index in [2.05, 4.69) is 4.72 Å². The Balaban J connectivity index is 3.28. The number of benzene rings is 1. The van der Waals surface area contributed by atoms with Crippen molar-refractivity contribution in [3.63, 3.8) is 0 Å². The molecule has 0 aromatic heterocycles. The predicted octanol–water partition coefficient (Wildman–Crippen LogP) is 1.41. The number of carboxylic acid groups (broad SMARTS) is 2. The van der Waals surface area contributed by atoms with Crippen LogP contribution in [0.25, 0.3) is 0 Å². The van der Waals surface area contributed by atoms with Crippen LogP contribution in [0, 0.1) is 5.41 Å². The fraction of sp³-hybridized carbons (Fsp3) is 0.385. The van der Waals surface area contributed by atoms with E-state index in [4.69, 9.17) is 10.2 Å². The van der Waals surface area contributed by atoms with E-state index in [0.717, 1.165) is 18.2 Å². The number of carboxylic acids is 2. The summed E-state index contributed by atoms with van der Waals surface area (Å²) in [5, 5.41) is 17.9. The topological polar surface area (TPSA) is 121 Å². The predicted molar refractivity (Wildman–Crippen MR) is 75.0 cm³/mol. The fourth-order valence-electron chi connectivity index (χ4n) is 1.40. The van der Waals surface area contributed by atoms with Gasteiger partial charge in [0.1, 0.15) is 0 Å². The van der Waals surface area contributed by atoms with Gasteiger partial charge in [-0.05, 0) is 23.6 Å². The lowest BCUT2D eigenvalue weighted by Gasteiger charge is -2.19. The molecule has 0 spiro atoms. The molecule has 1 rings (SSSR count).